The molecule has 4 nitrogen and oxygen atoms in total. The molecule has 1 unspecified atom stereocenters. The molecule has 3 N–H and O–H groups in total. The van der Waals surface area contributed by atoms with Gasteiger partial charge in [-0.3, -0.25) is 4.21 Å². The zero-order valence-electron chi connectivity index (χ0n) is 5.61. The fraction of sp³-hybridized carbons (Fsp3) is 0. The van der Waals surface area contributed by atoms with Crippen molar-refractivity contribution in [3.8, 4) is 0 Å². The minimum Gasteiger partial charge on any atom is -0.755 e. The van der Waals surface area contributed by atoms with Crippen LogP contribution in [0.5, 0.6) is 0 Å². The van der Waals surface area contributed by atoms with Gasteiger partial charge in [0.25, 0.3) is 0 Å². The normalized spacial score (nSPS) is 12.5. The van der Waals surface area contributed by atoms with E-state index in [0.717, 1.165) is 0 Å². The SMILES string of the molecule is Nc1cccc(NS(=O)[O-])c1. The average Bonchev–Trinajstić information content (AvgIpc) is 1.85. The van der Waals surface area contributed by atoms with Crippen LogP contribution in [0.3, 0.4) is 0 Å². The fourth-order valence-electron chi connectivity index (χ4n) is 0.698. The molecule has 1 atom stereocenters. The Labute approximate surface area is 66.8 Å². The van der Waals surface area contributed by atoms with E-state index in [0.29, 0.717) is 11.4 Å². The summed E-state index contributed by atoms with van der Waals surface area (Å²) in [6, 6.07) is 6.51. The van der Waals surface area contributed by atoms with Crippen LogP contribution in [0.2, 0.25) is 0 Å². The van der Waals surface area contributed by atoms with E-state index < -0.39 is 11.3 Å². The van der Waals surface area contributed by atoms with Gasteiger partial charge in [-0.25, -0.2) is 0 Å². The van der Waals surface area contributed by atoms with Crippen molar-refractivity contribution in [2.45, 2.75) is 0 Å². The third kappa shape index (κ3) is 2.57. The van der Waals surface area contributed by atoms with E-state index in [9.17, 15) is 8.76 Å². The number of hydrogen-bond donors (Lipinski definition) is 2. The van der Waals surface area contributed by atoms with Crippen LogP contribution in [-0.4, -0.2) is 8.76 Å². The Bertz CT molecular complexity index is 277. The fourth-order valence-corrected chi connectivity index (χ4v) is 1.02. The van der Waals surface area contributed by atoms with E-state index in [4.69, 9.17) is 5.73 Å². The van der Waals surface area contributed by atoms with Crippen LogP contribution in [0.1, 0.15) is 0 Å². The van der Waals surface area contributed by atoms with Crippen molar-refractivity contribution >= 4 is 22.6 Å². The Morgan fingerprint density at radius 1 is 1.55 bits per heavy atom. The smallest absolute Gasteiger partial charge is 0.0472 e. The highest BCUT2D eigenvalue weighted by Gasteiger charge is 1.89. The van der Waals surface area contributed by atoms with Gasteiger partial charge in [-0.05, 0) is 18.2 Å². The van der Waals surface area contributed by atoms with Crippen LogP contribution < -0.4 is 10.5 Å². The van der Waals surface area contributed by atoms with E-state index in [-0.39, 0.29) is 0 Å². The molecule has 0 aliphatic heterocycles. The topological polar surface area (TPSA) is 78.2 Å². The van der Waals surface area contributed by atoms with Gasteiger partial charge in [-0.15, -0.1) is 0 Å². The molecule has 0 saturated carbocycles. The monoisotopic (exact) mass is 171 g/mol. The summed E-state index contributed by atoms with van der Waals surface area (Å²) in [4.78, 5) is 0. The first-order valence-electron chi connectivity index (χ1n) is 2.90. The second-order valence-electron chi connectivity index (χ2n) is 1.96. The third-order valence-corrected chi connectivity index (χ3v) is 1.49. The van der Waals surface area contributed by atoms with E-state index in [1.54, 1.807) is 18.2 Å². The number of anilines is 2. The highest BCUT2D eigenvalue weighted by Crippen LogP contribution is 2.11. The Morgan fingerprint density at radius 2 is 2.27 bits per heavy atom. The van der Waals surface area contributed by atoms with Gasteiger partial charge in [-0.2, -0.15) is 0 Å². The summed E-state index contributed by atoms with van der Waals surface area (Å²) >= 11 is -2.28. The Kier molecular flexibility index (Phi) is 2.45. The molecule has 0 aromatic heterocycles. The molecule has 0 heterocycles. The molecule has 0 saturated heterocycles. The second kappa shape index (κ2) is 3.36. The third-order valence-electron chi connectivity index (χ3n) is 1.09. The summed E-state index contributed by atoms with van der Waals surface area (Å²) in [6.07, 6.45) is 0. The Hall–Kier alpha value is -1.07. The van der Waals surface area contributed by atoms with Gasteiger partial charge in [0.2, 0.25) is 0 Å². The lowest BCUT2D eigenvalue weighted by Crippen LogP contribution is -2.02. The Morgan fingerprint density at radius 3 is 2.82 bits per heavy atom. The molecular formula is C6H7N2O2S-. The molecule has 60 valence electrons. The van der Waals surface area contributed by atoms with Gasteiger partial charge in [0.1, 0.15) is 0 Å². The predicted molar refractivity (Wildman–Crippen MR) is 43.4 cm³/mol. The number of nitrogen functional groups attached to an aromatic ring is 1. The summed E-state index contributed by atoms with van der Waals surface area (Å²) in [7, 11) is 0. The van der Waals surface area contributed by atoms with Crippen LogP contribution in [0.15, 0.2) is 24.3 Å². The van der Waals surface area contributed by atoms with Gasteiger partial charge in [0, 0.05) is 22.6 Å². The number of hydrogen-bond acceptors (Lipinski definition) is 3. The summed E-state index contributed by atoms with van der Waals surface area (Å²) in [5.41, 5.74) is 6.39. The van der Waals surface area contributed by atoms with Crippen LogP contribution in [0, 0.1) is 0 Å². The lowest BCUT2D eigenvalue weighted by molar-refractivity contribution is 0.542. The molecule has 1 rings (SSSR count). The molecular weight excluding hydrogens is 164 g/mol. The van der Waals surface area contributed by atoms with Crippen molar-refractivity contribution in [2.24, 2.45) is 0 Å². The molecule has 0 fully saturated rings. The molecule has 11 heavy (non-hydrogen) atoms. The van der Waals surface area contributed by atoms with Crippen molar-refractivity contribution in [1.29, 1.82) is 0 Å². The highest BCUT2D eigenvalue weighted by molar-refractivity contribution is 7.80. The molecule has 0 radical (unpaired) electrons. The molecule has 1 aromatic carbocycles. The minimum absolute atomic E-state index is 0.471. The molecule has 0 aliphatic rings. The molecule has 1 aromatic rings. The van der Waals surface area contributed by atoms with Gasteiger partial charge in [-0.1, -0.05) is 6.07 Å². The van der Waals surface area contributed by atoms with Crippen molar-refractivity contribution in [2.75, 3.05) is 10.5 Å². The molecule has 0 aliphatic carbocycles. The van der Waals surface area contributed by atoms with E-state index >= 15 is 0 Å². The molecule has 0 spiro atoms. The van der Waals surface area contributed by atoms with Gasteiger partial charge in [0.15, 0.2) is 0 Å². The molecule has 0 amide bonds. The van der Waals surface area contributed by atoms with E-state index in [2.05, 4.69) is 4.72 Å². The summed E-state index contributed by atoms with van der Waals surface area (Å²) in [5.74, 6) is 0. The first kappa shape index (κ1) is 8.03. The lowest BCUT2D eigenvalue weighted by Gasteiger charge is -2.07. The lowest BCUT2D eigenvalue weighted by atomic mass is 10.3. The van der Waals surface area contributed by atoms with Crippen molar-refractivity contribution in [3.05, 3.63) is 24.3 Å². The van der Waals surface area contributed by atoms with Crippen LogP contribution in [-0.2, 0) is 11.3 Å². The largest absolute Gasteiger partial charge is 0.755 e. The first-order valence-corrected chi connectivity index (χ1v) is 3.97. The van der Waals surface area contributed by atoms with E-state index in [1.165, 1.54) is 6.07 Å². The molecule has 5 heteroatoms. The number of rotatable bonds is 2. The minimum atomic E-state index is -2.28. The zero-order chi connectivity index (χ0) is 8.27. The second-order valence-corrected chi connectivity index (χ2v) is 2.64. The molecule has 0 bridgehead atoms. The van der Waals surface area contributed by atoms with Crippen molar-refractivity contribution in [1.82, 2.24) is 0 Å². The average molecular weight is 171 g/mol. The quantitative estimate of drug-likeness (QED) is 0.501. The maximum absolute atomic E-state index is 10.1. The summed E-state index contributed by atoms with van der Waals surface area (Å²) < 4.78 is 22.4. The standard InChI is InChI=1S/C6H8N2O2S/c7-5-2-1-3-6(4-5)8-11(9)10/h1-4,8H,7H2,(H,9,10)/p-1. The Balaban J connectivity index is 2.79. The number of nitrogens with one attached hydrogen (secondary N) is 1. The first-order chi connectivity index (χ1) is 5.18. The van der Waals surface area contributed by atoms with Crippen molar-refractivity contribution < 1.29 is 8.76 Å². The van der Waals surface area contributed by atoms with Crippen molar-refractivity contribution in [3.63, 3.8) is 0 Å². The van der Waals surface area contributed by atoms with Crippen LogP contribution in [0.25, 0.3) is 0 Å². The maximum atomic E-state index is 10.1. The van der Waals surface area contributed by atoms with Gasteiger partial charge in [0.05, 0.1) is 0 Å². The summed E-state index contributed by atoms with van der Waals surface area (Å²) in [5, 5.41) is 0. The van der Waals surface area contributed by atoms with Crippen LogP contribution in [0.4, 0.5) is 11.4 Å². The zero-order valence-corrected chi connectivity index (χ0v) is 6.43. The van der Waals surface area contributed by atoms with Gasteiger partial charge < -0.3 is 15.0 Å². The number of benzene rings is 1. The maximum Gasteiger partial charge on any atom is 0.0472 e. The number of nitrogens with two attached hydrogens (primary N) is 1. The van der Waals surface area contributed by atoms with E-state index in [1.807, 2.05) is 0 Å². The summed E-state index contributed by atoms with van der Waals surface area (Å²) in [6.45, 7) is 0. The van der Waals surface area contributed by atoms with Gasteiger partial charge >= 0.3 is 0 Å². The predicted octanol–water partition coefficient (Wildman–Crippen LogP) is 0.475. The van der Waals surface area contributed by atoms with Crippen LogP contribution >= 0.6 is 0 Å². The highest BCUT2D eigenvalue weighted by atomic mass is 32.2.